The van der Waals surface area contributed by atoms with E-state index in [1.54, 1.807) is 18.2 Å². The zero-order chi connectivity index (χ0) is 15.9. The second-order valence-electron chi connectivity index (χ2n) is 5.05. The maximum Gasteiger partial charge on any atom is 0.238 e. The minimum Gasteiger partial charge on any atom is -0.492 e. The van der Waals surface area contributed by atoms with Crippen molar-refractivity contribution in [2.45, 2.75) is 26.2 Å². The summed E-state index contributed by atoms with van der Waals surface area (Å²) in [7, 11) is 0. The van der Waals surface area contributed by atoms with E-state index in [1.807, 2.05) is 19.1 Å². The van der Waals surface area contributed by atoms with Gasteiger partial charge in [-0.1, -0.05) is 34.9 Å². The van der Waals surface area contributed by atoms with Crippen LogP contribution < -0.4 is 15.6 Å². The number of rotatable bonds is 7. The largest absolute Gasteiger partial charge is 0.492 e. The number of hydrazine groups is 1. The average molecular weight is 341 g/mol. The first kappa shape index (κ1) is 16.7. The molecule has 1 aliphatic rings. The molecule has 4 nitrogen and oxygen atoms in total. The van der Waals surface area contributed by atoms with Crippen LogP contribution in [0.4, 0.5) is 0 Å². The van der Waals surface area contributed by atoms with Gasteiger partial charge in [0.25, 0.3) is 0 Å². The number of hydrogen-bond acceptors (Lipinski definition) is 3. The van der Waals surface area contributed by atoms with Crippen LogP contribution in [0.15, 0.2) is 41.6 Å². The minimum absolute atomic E-state index is 0.0790. The molecule has 0 unspecified atom stereocenters. The lowest BCUT2D eigenvalue weighted by Crippen LogP contribution is -2.36. The van der Waals surface area contributed by atoms with E-state index in [4.69, 9.17) is 27.9 Å². The van der Waals surface area contributed by atoms with Crippen molar-refractivity contribution in [2.75, 3.05) is 6.61 Å². The van der Waals surface area contributed by atoms with Crippen LogP contribution in [0.1, 0.15) is 26.2 Å². The lowest BCUT2D eigenvalue weighted by atomic mass is 10.3. The fourth-order valence-electron chi connectivity index (χ4n) is 1.95. The topological polar surface area (TPSA) is 50.4 Å². The lowest BCUT2D eigenvalue weighted by Gasteiger charge is -2.09. The van der Waals surface area contributed by atoms with Crippen LogP contribution in [-0.4, -0.2) is 12.5 Å². The SMILES string of the molecule is CC1=CC(NNC(=O)CCCOc2ccc(Cl)cc2Cl)=CC1. The van der Waals surface area contributed by atoms with Crippen LogP contribution in [0, 0.1) is 0 Å². The number of carbonyl (C=O) groups is 1. The van der Waals surface area contributed by atoms with E-state index in [9.17, 15) is 4.79 Å². The van der Waals surface area contributed by atoms with E-state index in [1.165, 1.54) is 5.57 Å². The van der Waals surface area contributed by atoms with Gasteiger partial charge in [0.05, 0.1) is 17.3 Å². The first-order valence-electron chi connectivity index (χ1n) is 7.04. The number of allylic oxidation sites excluding steroid dienone is 3. The molecule has 22 heavy (non-hydrogen) atoms. The Balaban J connectivity index is 1.63. The zero-order valence-corrected chi connectivity index (χ0v) is 13.8. The molecule has 1 aliphatic carbocycles. The number of halogens is 2. The third kappa shape index (κ3) is 5.28. The Labute approximate surface area is 140 Å². The summed E-state index contributed by atoms with van der Waals surface area (Å²) in [6.07, 6.45) is 5.93. The molecule has 1 aromatic rings. The third-order valence-electron chi connectivity index (χ3n) is 3.09. The van der Waals surface area contributed by atoms with E-state index in [0.717, 1.165) is 12.1 Å². The molecule has 0 radical (unpaired) electrons. The molecule has 1 aromatic carbocycles. The van der Waals surface area contributed by atoms with Crippen LogP contribution in [0.25, 0.3) is 0 Å². The maximum absolute atomic E-state index is 11.7. The molecule has 118 valence electrons. The first-order chi connectivity index (χ1) is 10.5. The number of nitrogens with one attached hydrogen (secondary N) is 2. The normalized spacial score (nSPS) is 13.4. The van der Waals surface area contributed by atoms with E-state index in [0.29, 0.717) is 35.2 Å². The predicted octanol–water partition coefficient (Wildman–Crippen LogP) is 4.01. The highest BCUT2D eigenvalue weighted by atomic mass is 35.5. The zero-order valence-electron chi connectivity index (χ0n) is 12.3. The quantitative estimate of drug-likeness (QED) is 0.582. The maximum atomic E-state index is 11.7. The highest BCUT2D eigenvalue weighted by molar-refractivity contribution is 6.35. The Bertz CT molecular complexity index is 612. The molecule has 0 spiro atoms. The van der Waals surface area contributed by atoms with Crippen molar-refractivity contribution in [1.82, 2.24) is 10.9 Å². The third-order valence-corrected chi connectivity index (χ3v) is 3.62. The van der Waals surface area contributed by atoms with Gasteiger partial charge in [-0.25, -0.2) is 0 Å². The summed E-state index contributed by atoms with van der Waals surface area (Å²) >= 11 is 11.8. The Morgan fingerprint density at radius 3 is 2.86 bits per heavy atom. The first-order valence-corrected chi connectivity index (χ1v) is 7.80. The van der Waals surface area contributed by atoms with E-state index >= 15 is 0 Å². The fraction of sp³-hybridized carbons (Fsp3) is 0.312. The van der Waals surface area contributed by atoms with Crippen molar-refractivity contribution in [3.63, 3.8) is 0 Å². The molecule has 0 heterocycles. The van der Waals surface area contributed by atoms with Crippen molar-refractivity contribution in [3.8, 4) is 5.75 Å². The molecule has 2 N–H and O–H groups in total. The summed E-state index contributed by atoms with van der Waals surface area (Å²) in [5.74, 6) is 0.492. The molecule has 0 bridgehead atoms. The molecule has 0 fully saturated rings. The minimum atomic E-state index is -0.0790. The predicted molar refractivity (Wildman–Crippen MR) is 88.9 cm³/mol. The molecular formula is C16H18Cl2N2O2. The van der Waals surface area contributed by atoms with Gasteiger partial charge < -0.3 is 4.74 Å². The average Bonchev–Trinajstić information content (AvgIpc) is 2.89. The van der Waals surface area contributed by atoms with E-state index in [-0.39, 0.29) is 5.91 Å². The number of hydrogen-bond donors (Lipinski definition) is 2. The van der Waals surface area contributed by atoms with Gasteiger partial charge in [0, 0.05) is 11.4 Å². The number of amides is 1. The Morgan fingerprint density at radius 2 is 2.18 bits per heavy atom. The lowest BCUT2D eigenvalue weighted by molar-refractivity contribution is -0.122. The molecule has 2 rings (SSSR count). The summed E-state index contributed by atoms with van der Waals surface area (Å²) in [4.78, 5) is 11.7. The van der Waals surface area contributed by atoms with E-state index in [2.05, 4.69) is 10.9 Å². The Morgan fingerprint density at radius 1 is 1.36 bits per heavy atom. The van der Waals surface area contributed by atoms with Crippen LogP contribution in [0.5, 0.6) is 5.75 Å². The smallest absolute Gasteiger partial charge is 0.238 e. The molecule has 0 saturated heterocycles. The van der Waals surface area contributed by atoms with Gasteiger partial charge in [-0.05, 0) is 44.0 Å². The second kappa shape index (κ2) is 8.11. The Kier molecular flexibility index (Phi) is 6.16. The Hall–Kier alpha value is -1.65. The van der Waals surface area contributed by atoms with Gasteiger partial charge in [0.2, 0.25) is 5.91 Å². The monoisotopic (exact) mass is 340 g/mol. The highest BCUT2D eigenvalue weighted by Gasteiger charge is 2.06. The van der Waals surface area contributed by atoms with Gasteiger partial charge >= 0.3 is 0 Å². The molecule has 0 saturated carbocycles. The highest BCUT2D eigenvalue weighted by Crippen LogP contribution is 2.27. The van der Waals surface area contributed by atoms with Crippen molar-refractivity contribution in [1.29, 1.82) is 0 Å². The summed E-state index contributed by atoms with van der Waals surface area (Å²) in [5, 5.41) is 1.03. The van der Waals surface area contributed by atoms with Crippen LogP contribution in [0.3, 0.4) is 0 Å². The number of ether oxygens (including phenoxy) is 1. The molecule has 0 aliphatic heterocycles. The van der Waals surface area contributed by atoms with Gasteiger partial charge in [0.15, 0.2) is 0 Å². The molecule has 6 heteroatoms. The summed E-state index contributed by atoms with van der Waals surface area (Å²) in [6.45, 7) is 2.46. The van der Waals surface area contributed by atoms with Crippen LogP contribution in [-0.2, 0) is 4.79 Å². The fourth-order valence-corrected chi connectivity index (χ4v) is 2.42. The summed E-state index contributed by atoms with van der Waals surface area (Å²) in [6, 6.07) is 5.05. The number of benzene rings is 1. The van der Waals surface area contributed by atoms with Crippen LogP contribution >= 0.6 is 23.2 Å². The van der Waals surface area contributed by atoms with Crippen molar-refractivity contribution >= 4 is 29.1 Å². The van der Waals surface area contributed by atoms with Gasteiger partial charge in [-0.3, -0.25) is 15.6 Å². The van der Waals surface area contributed by atoms with Gasteiger partial charge in [0.1, 0.15) is 5.75 Å². The second-order valence-corrected chi connectivity index (χ2v) is 5.90. The van der Waals surface area contributed by atoms with Crippen molar-refractivity contribution < 1.29 is 9.53 Å². The standard InChI is InChI=1S/C16H18Cl2N2O2/c1-11-4-6-13(9-11)19-20-16(21)3-2-8-22-15-7-5-12(17)10-14(15)18/h5-7,9-10,19H,2-4,8H2,1H3,(H,20,21). The molecule has 1 amide bonds. The van der Waals surface area contributed by atoms with Crippen molar-refractivity contribution in [3.05, 3.63) is 51.7 Å². The van der Waals surface area contributed by atoms with E-state index < -0.39 is 0 Å². The molecular weight excluding hydrogens is 323 g/mol. The van der Waals surface area contributed by atoms with Gasteiger partial charge in [-0.2, -0.15) is 0 Å². The number of carbonyl (C=O) groups excluding carboxylic acids is 1. The van der Waals surface area contributed by atoms with Crippen molar-refractivity contribution in [2.24, 2.45) is 0 Å². The van der Waals surface area contributed by atoms with Gasteiger partial charge in [-0.15, -0.1) is 0 Å². The molecule has 0 aromatic heterocycles. The summed E-state index contributed by atoms with van der Waals surface area (Å²) in [5.41, 5.74) is 7.75. The molecule has 0 atom stereocenters. The van der Waals surface area contributed by atoms with Crippen LogP contribution in [0.2, 0.25) is 10.0 Å². The summed E-state index contributed by atoms with van der Waals surface area (Å²) < 4.78 is 5.52.